The Hall–Kier alpha value is -3.04. The highest BCUT2D eigenvalue weighted by Gasteiger charge is 2.26. The number of aliphatic hydroxyl groups excluding tert-OH is 1. The molecule has 27 heavy (non-hydrogen) atoms. The van der Waals surface area contributed by atoms with Gasteiger partial charge in [0.1, 0.15) is 12.4 Å². The third kappa shape index (κ3) is 5.22. The van der Waals surface area contributed by atoms with Crippen molar-refractivity contribution in [1.82, 2.24) is 0 Å². The standard InChI is InChI=1S/C21H24N2O4/c1-14(2)16-6-9-19(27-11-10-24)18(12-16)20(21(25)26-3)23-17-7-4-15(13-22)5-8-17/h4-9,12,14,20,23-24H,10-11H2,1-3H3. The van der Waals surface area contributed by atoms with Gasteiger partial charge in [0.2, 0.25) is 0 Å². The molecule has 2 aromatic rings. The maximum Gasteiger partial charge on any atom is 0.333 e. The van der Waals surface area contributed by atoms with Crippen LogP contribution in [0.25, 0.3) is 0 Å². The van der Waals surface area contributed by atoms with Gasteiger partial charge in [-0.1, -0.05) is 19.9 Å². The van der Waals surface area contributed by atoms with Gasteiger partial charge in [0, 0.05) is 11.3 Å². The van der Waals surface area contributed by atoms with Crippen molar-refractivity contribution in [2.75, 3.05) is 25.6 Å². The molecule has 142 valence electrons. The first kappa shape index (κ1) is 20.3. The molecule has 0 bridgehead atoms. The summed E-state index contributed by atoms with van der Waals surface area (Å²) in [4.78, 5) is 12.5. The number of carbonyl (C=O) groups excluding carboxylic acids is 1. The van der Waals surface area contributed by atoms with Crippen molar-refractivity contribution in [3.8, 4) is 11.8 Å². The summed E-state index contributed by atoms with van der Waals surface area (Å²) in [6, 6.07) is 13.7. The molecule has 6 nitrogen and oxygen atoms in total. The molecule has 1 atom stereocenters. The average Bonchev–Trinajstić information content (AvgIpc) is 2.70. The molecule has 2 rings (SSSR count). The molecule has 0 fully saturated rings. The van der Waals surface area contributed by atoms with Crippen molar-refractivity contribution >= 4 is 11.7 Å². The minimum atomic E-state index is -0.796. The van der Waals surface area contributed by atoms with Crippen LogP contribution in [0.5, 0.6) is 5.75 Å². The van der Waals surface area contributed by atoms with E-state index < -0.39 is 12.0 Å². The zero-order valence-corrected chi connectivity index (χ0v) is 15.7. The lowest BCUT2D eigenvalue weighted by molar-refractivity contribution is -0.141. The van der Waals surface area contributed by atoms with Gasteiger partial charge in [-0.3, -0.25) is 0 Å². The van der Waals surface area contributed by atoms with Crippen LogP contribution in [0, 0.1) is 11.3 Å². The van der Waals surface area contributed by atoms with E-state index in [4.69, 9.17) is 19.8 Å². The number of hydrogen-bond acceptors (Lipinski definition) is 6. The van der Waals surface area contributed by atoms with E-state index in [9.17, 15) is 4.79 Å². The topological polar surface area (TPSA) is 91.6 Å². The number of aliphatic hydroxyl groups is 1. The van der Waals surface area contributed by atoms with Gasteiger partial charge in [0.05, 0.1) is 25.3 Å². The molecule has 0 aliphatic rings. The van der Waals surface area contributed by atoms with Gasteiger partial charge in [-0.2, -0.15) is 5.26 Å². The predicted molar refractivity (Wildman–Crippen MR) is 103 cm³/mol. The van der Waals surface area contributed by atoms with Crippen LogP contribution in [0.4, 0.5) is 5.69 Å². The van der Waals surface area contributed by atoms with Crippen LogP contribution in [0.3, 0.4) is 0 Å². The molecule has 0 radical (unpaired) electrons. The predicted octanol–water partition coefficient (Wildman–Crippen LogP) is 3.38. The number of methoxy groups -OCH3 is 1. The number of nitriles is 1. The first-order valence-electron chi connectivity index (χ1n) is 8.72. The highest BCUT2D eigenvalue weighted by atomic mass is 16.5. The summed E-state index contributed by atoms with van der Waals surface area (Å²) < 4.78 is 10.6. The van der Waals surface area contributed by atoms with Crippen LogP contribution in [-0.4, -0.2) is 31.4 Å². The summed E-state index contributed by atoms with van der Waals surface area (Å²) in [5.74, 6) is 0.308. The van der Waals surface area contributed by atoms with Crippen LogP contribution >= 0.6 is 0 Å². The van der Waals surface area contributed by atoms with E-state index in [-0.39, 0.29) is 19.1 Å². The number of rotatable bonds is 8. The summed E-state index contributed by atoms with van der Waals surface area (Å²) in [6.07, 6.45) is 0. The highest BCUT2D eigenvalue weighted by Crippen LogP contribution is 2.32. The monoisotopic (exact) mass is 368 g/mol. The average molecular weight is 368 g/mol. The van der Waals surface area contributed by atoms with Crippen molar-refractivity contribution in [3.63, 3.8) is 0 Å². The molecule has 0 saturated heterocycles. The summed E-state index contributed by atoms with van der Waals surface area (Å²) in [5, 5.41) is 21.2. The first-order chi connectivity index (χ1) is 13.0. The molecular formula is C21H24N2O4. The van der Waals surface area contributed by atoms with Gasteiger partial charge in [-0.15, -0.1) is 0 Å². The molecule has 0 aromatic heterocycles. The molecular weight excluding hydrogens is 344 g/mol. The van der Waals surface area contributed by atoms with Crippen molar-refractivity contribution in [1.29, 1.82) is 5.26 Å². The van der Waals surface area contributed by atoms with E-state index in [0.29, 0.717) is 22.6 Å². The fourth-order valence-electron chi connectivity index (χ4n) is 2.63. The van der Waals surface area contributed by atoms with Crippen LogP contribution in [-0.2, 0) is 9.53 Å². The Bertz CT molecular complexity index is 810. The maximum atomic E-state index is 12.5. The minimum Gasteiger partial charge on any atom is -0.491 e. The summed E-state index contributed by atoms with van der Waals surface area (Å²) in [5.41, 5.74) is 2.89. The number of carbonyl (C=O) groups is 1. The Morgan fingerprint density at radius 2 is 1.93 bits per heavy atom. The fourth-order valence-corrected chi connectivity index (χ4v) is 2.63. The van der Waals surface area contributed by atoms with Gasteiger partial charge < -0.3 is 19.9 Å². The van der Waals surface area contributed by atoms with E-state index in [1.165, 1.54) is 7.11 Å². The zero-order chi connectivity index (χ0) is 19.8. The van der Waals surface area contributed by atoms with E-state index in [0.717, 1.165) is 5.56 Å². The summed E-state index contributed by atoms with van der Waals surface area (Å²) in [6.45, 7) is 4.12. The van der Waals surface area contributed by atoms with Gasteiger partial charge in [0.25, 0.3) is 0 Å². The smallest absolute Gasteiger partial charge is 0.333 e. The number of nitrogens with one attached hydrogen (secondary N) is 1. The number of benzene rings is 2. The molecule has 0 heterocycles. The Labute approximate surface area is 159 Å². The molecule has 0 saturated carbocycles. The van der Waals surface area contributed by atoms with E-state index >= 15 is 0 Å². The second-order valence-electron chi connectivity index (χ2n) is 6.31. The Kier molecular flexibility index (Phi) is 7.21. The zero-order valence-electron chi connectivity index (χ0n) is 15.7. The van der Waals surface area contributed by atoms with Crippen molar-refractivity contribution in [2.24, 2.45) is 0 Å². The molecule has 1 unspecified atom stereocenters. The molecule has 0 spiro atoms. The van der Waals surface area contributed by atoms with Crippen LogP contribution in [0.2, 0.25) is 0 Å². The lowest BCUT2D eigenvalue weighted by atomic mass is 9.96. The SMILES string of the molecule is COC(=O)C(Nc1ccc(C#N)cc1)c1cc(C(C)C)ccc1OCCO. The second-order valence-corrected chi connectivity index (χ2v) is 6.31. The molecule has 2 N–H and O–H groups in total. The fraction of sp³-hybridized carbons (Fsp3) is 0.333. The number of nitrogens with zero attached hydrogens (tertiary/aromatic N) is 1. The van der Waals surface area contributed by atoms with Crippen molar-refractivity contribution < 1.29 is 19.4 Å². The van der Waals surface area contributed by atoms with E-state index in [1.54, 1.807) is 30.3 Å². The Morgan fingerprint density at radius 3 is 2.48 bits per heavy atom. The largest absolute Gasteiger partial charge is 0.491 e. The Balaban J connectivity index is 2.45. The molecule has 0 aliphatic heterocycles. The maximum absolute atomic E-state index is 12.5. The van der Waals surface area contributed by atoms with Gasteiger partial charge in [0.15, 0.2) is 6.04 Å². The van der Waals surface area contributed by atoms with E-state index in [2.05, 4.69) is 25.2 Å². The number of hydrogen-bond donors (Lipinski definition) is 2. The highest BCUT2D eigenvalue weighted by molar-refractivity contribution is 5.82. The second kappa shape index (κ2) is 9.60. The van der Waals surface area contributed by atoms with Gasteiger partial charge in [-0.25, -0.2) is 4.79 Å². The van der Waals surface area contributed by atoms with Crippen LogP contribution in [0.15, 0.2) is 42.5 Å². The number of esters is 1. The molecule has 0 amide bonds. The normalized spacial score (nSPS) is 11.6. The minimum absolute atomic E-state index is 0.124. The van der Waals surface area contributed by atoms with Crippen molar-refractivity contribution in [2.45, 2.75) is 25.8 Å². The summed E-state index contributed by atoms with van der Waals surface area (Å²) >= 11 is 0. The molecule has 6 heteroatoms. The van der Waals surface area contributed by atoms with E-state index in [1.807, 2.05) is 12.1 Å². The third-order valence-corrected chi connectivity index (χ3v) is 4.12. The summed E-state index contributed by atoms with van der Waals surface area (Å²) in [7, 11) is 1.33. The van der Waals surface area contributed by atoms with Gasteiger partial charge >= 0.3 is 5.97 Å². The quantitative estimate of drug-likeness (QED) is 0.694. The van der Waals surface area contributed by atoms with Gasteiger partial charge in [-0.05, 0) is 47.9 Å². The van der Waals surface area contributed by atoms with Crippen LogP contribution < -0.4 is 10.1 Å². The first-order valence-corrected chi connectivity index (χ1v) is 8.72. The Morgan fingerprint density at radius 1 is 1.22 bits per heavy atom. The number of ether oxygens (including phenoxy) is 2. The molecule has 0 aliphatic carbocycles. The lowest BCUT2D eigenvalue weighted by Gasteiger charge is -2.22. The van der Waals surface area contributed by atoms with Crippen molar-refractivity contribution in [3.05, 3.63) is 59.2 Å². The molecule has 2 aromatic carbocycles. The van der Waals surface area contributed by atoms with Crippen LogP contribution in [0.1, 0.15) is 42.5 Å². The number of anilines is 1. The lowest BCUT2D eigenvalue weighted by Crippen LogP contribution is -2.23. The third-order valence-electron chi connectivity index (χ3n) is 4.12.